The molecule has 14 heavy (non-hydrogen) atoms. The lowest BCUT2D eigenvalue weighted by molar-refractivity contribution is -0.0569. The maximum Gasteiger partial charge on any atom is 0.320 e. The summed E-state index contributed by atoms with van der Waals surface area (Å²) in [5.74, 6) is 1.13. The molecule has 0 unspecified atom stereocenters. The molecule has 0 aromatic rings. The van der Waals surface area contributed by atoms with Gasteiger partial charge in [-0.1, -0.05) is 13.3 Å². The van der Waals surface area contributed by atoms with Crippen LogP contribution in [0.25, 0.3) is 0 Å². The molecule has 0 aliphatic rings. The number of hydrogen-bond donors (Lipinski definition) is 0. The Morgan fingerprint density at radius 3 is 2.21 bits per heavy atom. The van der Waals surface area contributed by atoms with Gasteiger partial charge in [-0.15, -0.1) is 0 Å². The van der Waals surface area contributed by atoms with E-state index < -0.39 is 0 Å². The van der Waals surface area contributed by atoms with E-state index in [-0.39, 0.29) is 6.79 Å². The van der Waals surface area contributed by atoms with Crippen molar-refractivity contribution in [2.75, 3.05) is 28.1 Å². The molecule has 0 heterocycles. The van der Waals surface area contributed by atoms with E-state index in [1.807, 2.05) is 0 Å². The fraction of sp³-hybridized carbons (Fsp3) is 0.800. The average Bonchev–Trinajstić information content (AvgIpc) is 2.23. The molecule has 0 saturated carbocycles. The number of methoxy groups -OCH3 is 3. The second-order valence-corrected chi connectivity index (χ2v) is 2.77. The fourth-order valence-corrected chi connectivity index (χ4v) is 0.990. The van der Waals surface area contributed by atoms with E-state index in [0.29, 0.717) is 5.95 Å². The van der Waals surface area contributed by atoms with Gasteiger partial charge in [0.25, 0.3) is 0 Å². The van der Waals surface area contributed by atoms with E-state index in [1.54, 1.807) is 21.3 Å². The Balaban J connectivity index is 4.22. The van der Waals surface area contributed by atoms with E-state index in [4.69, 9.17) is 18.9 Å². The Bertz CT molecular complexity index is 148. The van der Waals surface area contributed by atoms with Crippen molar-refractivity contribution < 1.29 is 18.9 Å². The van der Waals surface area contributed by atoms with Crippen LogP contribution in [0.15, 0.2) is 11.7 Å². The third kappa shape index (κ3) is 4.97. The van der Waals surface area contributed by atoms with E-state index in [1.165, 1.54) is 0 Å². The second-order valence-electron chi connectivity index (χ2n) is 2.77. The van der Waals surface area contributed by atoms with Crippen LogP contribution in [0.5, 0.6) is 0 Å². The molecule has 0 rings (SSSR count). The number of rotatable bonds is 8. The molecule has 0 atom stereocenters. The summed E-state index contributed by atoms with van der Waals surface area (Å²) in [5, 5.41) is 0. The lowest BCUT2D eigenvalue weighted by Gasteiger charge is -2.12. The predicted molar refractivity (Wildman–Crippen MR) is 53.5 cm³/mol. The van der Waals surface area contributed by atoms with E-state index in [0.717, 1.165) is 25.0 Å². The summed E-state index contributed by atoms with van der Waals surface area (Å²) in [7, 11) is 4.72. The van der Waals surface area contributed by atoms with Gasteiger partial charge in [0.2, 0.25) is 0 Å². The lowest BCUT2D eigenvalue weighted by atomic mass is 10.2. The first-order valence-electron chi connectivity index (χ1n) is 4.73. The summed E-state index contributed by atoms with van der Waals surface area (Å²) in [6, 6.07) is 0. The monoisotopic (exact) mass is 204 g/mol. The van der Waals surface area contributed by atoms with Gasteiger partial charge in [-0.25, -0.2) is 0 Å². The van der Waals surface area contributed by atoms with E-state index >= 15 is 0 Å². The van der Waals surface area contributed by atoms with Gasteiger partial charge in [-0.2, -0.15) is 0 Å². The first-order chi connectivity index (χ1) is 6.79. The molecular weight excluding hydrogens is 184 g/mol. The zero-order chi connectivity index (χ0) is 10.8. The first kappa shape index (κ1) is 13.1. The Morgan fingerprint density at radius 2 is 1.79 bits per heavy atom. The molecule has 0 aromatic carbocycles. The average molecular weight is 204 g/mol. The highest BCUT2D eigenvalue weighted by molar-refractivity contribution is 4.94. The molecule has 0 amide bonds. The molecule has 4 heteroatoms. The van der Waals surface area contributed by atoms with Gasteiger partial charge in [0.15, 0.2) is 12.6 Å². The molecular formula is C10H20O4. The maximum absolute atomic E-state index is 5.20. The van der Waals surface area contributed by atoms with Crippen LogP contribution in [0.2, 0.25) is 0 Å². The smallest absolute Gasteiger partial charge is 0.320 e. The van der Waals surface area contributed by atoms with E-state index in [2.05, 4.69) is 6.92 Å². The van der Waals surface area contributed by atoms with Gasteiger partial charge in [0.1, 0.15) is 0 Å². The topological polar surface area (TPSA) is 36.9 Å². The summed E-state index contributed by atoms with van der Waals surface area (Å²) in [4.78, 5) is 0. The third-order valence-electron chi connectivity index (χ3n) is 1.72. The number of allylic oxidation sites excluding steroid dienone is 1. The Hall–Kier alpha value is -0.900. The van der Waals surface area contributed by atoms with Gasteiger partial charge in [0.05, 0.1) is 14.2 Å². The van der Waals surface area contributed by atoms with Crippen molar-refractivity contribution in [1.82, 2.24) is 0 Å². The van der Waals surface area contributed by atoms with Gasteiger partial charge >= 0.3 is 5.95 Å². The quantitative estimate of drug-likeness (QED) is 0.449. The van der Waals surface area contributed by atoms with Crippen molar-refractivity contribution in [2.45, 2.75) is 26.2 Å². The second kappa shape index (κ2) is 8.69. The first-order valence-corrected chi connectivity index (χ1v) is 4.73. The van der Waals surface area contributed by atoms with Gasteiger partial charge in [-0.3, -0.25) is 0 Å². The van der Waals surface area contributed by atoms with Crippen molar-refractivity contribution in [3.05, 3.63) is 11.7 Å². The zero-order valence-electron chi connectivity index (χ0n) is 9.46. The van der Waals surface area contributed by atoms with Crippen molar-refractivity contribution in [3.8, 4) is 0 Å². The number of ether oxygens (including phenoxy) is 4. The highest BCUT2D eigenvalue weighted by atomic mass is 16.7. The number of unbranched alkanes of at least 4 members (excludes halogenated alkanes) is 1. The van der Waals surface area contributed by atoms with Crippen molar-refractivity contribution >= 4 is 0 Å². The Labute approximate surface area is 85.8 Å². The minimum atomic E-state index is 0.169. The van der Waals surface area contributed by atoms with Gasteiger partial charge in [0, 0.05) is 13.5 Å². The van der Waals surface area contributed by atoms with Crippen LogP contribution in [0.3, 0.4) is 0 Å². The van der Waals surface area contributed by atoms with Crippen LogP contribution < -0.4 is 0 Å². The molecule has 0 aliphatic carbocycles. The van der Waals surface area contributed by atoms with Crippen molar-refractivity contribution in [2.24, 2.45) is 0 Å². The van der Waals surface area contributed by atoms with Crippen LogP contribution in [-0.2, 0) is 18.9 Å². The minimum Gasteiger partial charge on any atom is -0.494 e. The van der Waals surface area contributed by atoms with Gasteiger partial charge < -0.3 is 18.9 Å². The molecule has 0 N–H and O–H groups in total. The maximum atomic E-state index is 5.20. The van der Waals surface area contributed by atoms with Crippen LogP contribution >= 0.6 is 0 Å². The largest absolute Gasteiger partial charge is 0.494 e. The highest BCUT2D eigenvalue weighted by Gasteiger charge is 2.08. The Kier molecular flexibility index (Phi) is 8.13. The summed E-state index contributed by atoms with van der Waals surface area (Å²) in [6.07, 6.45) is 2.97. The minimum absolute atomic E-state index is 0.169. The molecule has 0 spiro atoms. The van der Waals surface area contributed by atoms with Crippen LogP contribution in [0.1, 0.15) is 26.2 Å². The molecule has 0 aromatic heterocycles. The summed E-state index contributed by atoms with van der Waals surface area (Å²) in [6.45, 7) is 2.29. The normalized spacial score (nSPS) is 12.0. The summed E-state index contributed by atoms with van der Waals surface area (Å²) in [5.41, 5.74) is 0. The zero-order valence-corrected chi connectivity index (χ0v) is 9.46. The lowest BCUT2D eigenvalue weighted by Crippen LogP contribution is -2.04. The predicted octanol–water partition coefficient (Wildman–Crippen LogP) is 2.26. The standard InChI is InChI=1S/C10H20O4/c1-5-6-7-9(12-3)10(13-4)14-8-11-2/h5-8H2,1-4H3. The Morgan fingerprint density at radius 1 is 1.07 bits per heavy atom. The molecule has 0 fully saturated rings. The SMILES string of the molecule is CCCCC(OC)=C(OC)OCOC. The molecule has 84 valence electrons. The molecule has 4 nitrogen and oxygen atoms in total. The van der Waals surface area contributed by atoms with Crippen LogP contribution in [-0.4, -0.2) is 28.1 Å². The van der Waals surface area contributed by atoms with Crippen LogP contribution in [0, 0.1) is 0 Å². The molecule has 0 bridgehead atoms. The fourth-order valence-electron chi connectivity index (χ4n) is 0.990. The third-order valence-corrected chi connectivity index (χ3v) is 1.72. The summed E-state index contributed by atoms with van der Waals surface area (Å²) >= 11 is 0. The van der Waals surface area contributed by atoms with Crippen LogP contribution in [0.4, 0.5) is 0 Å². The summed E-state index contributed by atoms with van der Waals surface area (Å²) < 4.78 is 20.2. The molecule has 0 radical (unpaired) electrons. The number of hydrogen-bond acceptors (Lipinski definition) is 4. The van der Waals surface area contributed by atoms with E-state index in [9.17, 15) is 0 Å². The van der Waals surface area contributed by atoms with Gasteiger partial charge in [-0.05, 0) is 6.42 Å². The highest BCUT2D eigenvalue weighted by Crippen LogP contribution is 2.15. The van der Waals surface area contributed by atoms with Crippen molar-refractivity contribution in [1.29, 1.82) is 0 Å². The molecule has 0 saturated heterocycles. The van der Waals surface area contributed by atoms with Crippen molar-refractivity contribution in [3.63, 3.8) is 0 Å². The molecule has 0 aliphatic heterocycles.